The van der Waals surface area contributed by atoms with Crippen LogP contribution in [0.15, 0.2) is 43.7 Å². The van der Waals surface area contributed by atoms with Crippen molar-refractivity contribution < 1.29 is 9.59 Å². The van der Waals surface area contributed by atoms with E-state index in [2.05, 4.69) is 72.8 Å². The summed E-state index contributed by atoms with van der Waals surface area (Å²) in [5.74, 6) is 0.960. The first-order valence-corrected chi connectivity index (χ1v) is 18.2. The van der Waals surface area contributed by atoms with Gasteiger partial charge in [-0.25, -0.2) is 0 Å². The zero-order valence-corrected chi connectivity index (χ0v) is 27.5. The summed E-state index contributed by atoms with van der Waals surface area (Å²) < 4.78 is 3.46. The molecule has 2 amide bonds. The molecular weight excluding hydrogens is 658 g/mol. The standard InChI is InChI=1S/C30H39BrN2O2Se2/c1-5-9-12-20(7-3)18-32-27(22-14-11-17-36-22)25-26(30(32)35)28(23-15-16-24(31)37-23)33(29(25)34)19-21(8-4)13-10-6-2/h11,14-17,20-21H,5-10,12-13,18-19H2,1-4H3. The molecule has 0 saturated heterocycles. The van der Waals surface area contributed by atoms with Crippen molar-refractivity contribution >= 4 is 68.1 Å². The Bertz CT molecular complexity index is 1160. The predicted octanol–water partition coefficient (Wildman–Crippen LogP) is 6.80. The minimum atomic E-state index is 0.0377. The van der Waals surface area contributed by atoms with E-state index in [0.717, 1.165) is 62.1 Å². The van der Waals surface area contributed by atoms with Gasteiger partial charge in [0, 0.05) is 0 Å². The number of fused-ring (bicyclic) bond motifs is 1. The molecule has 0 N–H and O–H groups in total. The third kappa shape index (κ3) is 6.07. The first-order chi connectivity index (χ1) is 17.9. The van der Waals surface area contributed by atoms with Gasteiger partial charge in [0.1, 0.15) is 0 Å². The molecule has 0 bridgehead atoms. The van der Waals surface area contributed by atoms with Crippen LogP contribution >= 0.6 is 15.9 Å². The first-order valence-electron chi connectivity index (χ1n) is 13.9. The third-order valence-electron chi connectivity index (χ3n) is 7.71. The van der Waals surface area contributed by atoms with Gasteiger partial charge in [-0.3, -0.25) is 0 Å². The summed E-state index contributed by atoms with van der Waals surface area (Å²) in [6, 6.07) is 8.42. The Morgan fingerprint density at radius 2 is 1.32 bits per heavy atom. The monoisotopic (exact) mass is 698 g/mol. The van der Waals surface area contributed by atoms with Crippen molar-refractivity contribution in [3.05, 3.63) is 52.6 Å². The molecule has 4 nitrogen and oxygen atoms in total. The van der Waals surface area contributed by atoms with Crippen LogP contribution in [0.5, 0.6) is 0 Å². The van der Waals surface area contributed by atoms with Crippen LogP contribution < -0.4 is 0 Å². The van der Waals surface area contributed by atoms with E-state index >= 15 is 0 Å². The van der Waals surface area contributed by atoms with Crippen LogP contribution in [0.3, 0.4) is 0 Å². The predicted molar refractivity (Wildman–Crippen MR) is 158 cm³/mol. The topological polar surface area (TPSA) is 40.6 Å². The molecule has 2 aliphatic rings. The van der Waals surface area contributed by atoms with Crippen molar-refractivity contribution in [2.45, 2.75) is 79.1 Å². The van der Waals surface area contributed by atoms with Crippen molar-refractivity contribution in [2.24, 2.45) is 11.8 Å². The molecule has 0 fully saturated rings. The molecule has 0 aromatic carbocycles. The quantitative estimate of drug-likeness (QED) is 0.204. The average Bonchev–Trinajstić information content (AvgIpc) is 3.67. The summed E-state index contributed by atoms with van der Waals surface area (Å²) in [4.78, 5) is 34.8. The molecule has 200 valence electrons. The Morgan fingerprint density at radius 1 is 0.784 bits per heavy atom. The maximum atomic E-state index is 14.3. The number of nitrogens with zero attached hydrogens (tertiary/aromatic N) is 2. The van der Waals surface area contributed by atoms with Gasteiger partial charge in [0.2, 0.25) is 0 Å². The van der Waals surface area contributed by atoms with E-state index < -0.39 is 0 Å². The fourth-order valence-electron chi connectivity index (χ4n) is 5.46. The molecule has 2 aliphatic heterocycles. The van der Waals surface area contributed by atoms with Gasteiger partial charge in [0.25, 0.3) is 0 Å². The van der Waals surface area contributed by atoms with Gasteiger partial charge in [-0.05, 0) is 0 Å². The van der Waals surface area contributed by atoms with E-state index in [4.69, 9.17) is 0 Å². The summed E-state index contributed by atoms with van der Waals surface area (Å²) in [5.41, 5.74) is 3.14. The Kier molecular flexibility index (Phi) is 10.4. The van der Waals surface area contributed by atoms with Gasteiger partial charge < -0.3 is 0 Å². The average molecular weight is 697 g/mol. The number of amides is 2. The van der Waals surface area contributed by atoms with Crippen LogP contribution in [0.2, 0.25) is 0 Å². The Balaban J connectivity index is 1.83. The fraction of sp³-hybridized carbons (Fsp3) is 0.533. The van der Waals surface area contributed by atoms with Crippen molar-refractivity contribution in [3.8, 4) is 0 Å². The number of halogens is 1. The molecule has 2 atom stereocenters. The van der Waals surface area contributed by atoms with Crippen LogP contribution in [-0.4, -0.2) is 63.7 Å². The molecule has 0 radical (unpaired) electrons. The molecule has 2 unspecified atom stereocenters. The third-order valence-corrected chi connectivity index (χ3v) is 12.5. The molecule has 2 aromatic heterocycles. The Labute approximate surface area is 242 Å². The van der Waals surface area contributed by atoms with Crippen molar-refractivity contribution in [3.63, 3.8) is 0 Å². The van der Waals surface area contributed by atoms with E-state index in [9.17, 15) is 9.59 Å². The van der Waals surface area contributed by atoms with Gasteiger partial charge in [-0.2, -0.15) is 0 Å². The SMILES string of the molecule is CCCCC(CC)CN1C(=O)C2=C(c3ccc(Br)[se]3)N(CC(CC)CCCC)C(=O)C2=C1c1ccc[se]1. The summed E-state index contributed by atoms with van der Waals surface area (Å²) >= 11 is 3.89. The van der Waals surface area contributed by atoms with Crippen LogP contribution in [0, 0.1) is 11.8 Å². The molecule has 7 heteroatoms. The van der Waals surface area contributed by atoms with Crippen LogP contribution in [0.1, 0.15) is 87.9 Å². The van der Waals surface area contributed by atoms with Crippen molar-refractivity contribution in [2.75, 3.05) is 13.1 Å². The van der Waals surface area contributed by atoms with Gasteiger partial charge in [-0.15, -0.1) is 0 Å². The second-order valence-electron chi connectivity index (χ2n) is 10.2. The van der Waals surface area contributed by atoms with E-state index in [0.29, 0.717) is 36.1 Å². The van der Waals surface area contributed by atoms with E-state index in [1.54, 1.807) is 0 Å². The number of carbonyl (C=O) groups is 2. The minimum absolute atomic E-state index is 0.0377. The number of carbonyl (C=O) groups excluding carboxylic acids is 2. The molecular formula is C30H39BrN2O2Se2. The molecule has 2 aromatic rings. The van der Waals surface area contributed by atoms with Gasteiger partial charge in [0.05, 0.1) is 0 Å². The second kappa shape index (κ2) is 13.3. The number of unbranched alkanes of at least 4 members (excludes halogenated alkanes) is 2. The van der Waals surface area contributed by atoms with Gasteiger partial charge in [0.15, 0.2) is 0 Å². The fourth-order valence-corrected chi connectivity index (χ4v) is 9.81. The van der Waals surface area contributed by atoms with Crippen LogP contribution in [0.25, 0.3) is 11.4 Å². The van der Waals surface area contributed by atoms with Gasteiger partial charge in [-0.1, -0.05) is 0 Å². The van der Waals surface area contributed by atoms with Crippen LogP contribution in [0.4, 0.5) is 0 Å². The first kappa shape index (κ1) is 28.9. The maximum absolute atomic E-state index is 14.3. The normalized spacial score (nSPS) is 17.4. The summed E-state index contributed by atoms with van der Waals surface area (Å²) in [5, 5.41) is 0. The zero-order chi connectivity index (χ0) is 26.5. The van der Waals surface area contributed by atoms with Crippen molar-refractivity contribution in [1.82, 2.24) is 9.80 Å². The molecule has 4 rings (SSSR count). The molecule has 0 saturated carbocycles. The Hall–Kier alpha value is -1.10. The molecule has 4 heterocycles. The number of hydrogen-bond donors (Lipinski definition) is 0. The number of rotatable bonds is 14. The summed E-state index contributed by atoms with van der Waals surface area (Å²) in [7, 11) is 0. The Morgan fingerprint density at radius 3 is 1.73 bits per heavy atom. The van der Waals surface area contributed by atoms with E-state index in [-0.39, 0.29) is 40.8 Å². The second-order valence-corrected chi connectivity index (χ2v) is 16.5. The van der Waals surface area contributed by atoms with E-state index in [1.807, 2.05) is 9.80 Å². The molecule has 37 heavy (non-hydrogen) atoms. The van der Waals surface area contributed by atoms with Gasteiger partial charge >= 0.3 is 244 Å². The molecule has 0 spiro atoms. The molecule has 0 aliphatic carbocycles. The summed E-state index contributed by atoms with van der Waals surface area (Å²) in [6.07, 6.45) is 8.98. The zero-order valence-electron chi connectivity index (χ0n) is 22.5. The van der Waals surface area contributed by atoms with E-state index in [1.165, 1.54) is 12.8 Å². The summed E-state index contributed by atoms with van der Waals surface area (Å²) in [6.45, 7) is 10.3. The van der Waals surface area contributed by atoms with Crippen LogP contribution in [-0.2, 0) is 9.59 Å². The van der Waals surface area contributed by atoms with Crippen molar-refractivity contribution in [1.29, 1.82) is 0 Å². The number of hydrogen-bond acceptors (Lipinski definition) is 2.